The summed E-state index contributed by atoms with van der Waals surface area (Å²) in [7, 11) is 0. The molecule has 1 aliphatic heterocycles. The number of hydrogen-bond donors (Lipinski definition) is 0. The molecule has 3 rings (SSSR count). The molecule has 1 fully saturated rings. The van der Waals surface area contributed by atoms with Crippen LogP contribution in [0, 0.1) is 6.07 Å². The lowest BCUT2D eigenvalue weighted by atomic mass is 10.1. The lowest BCUT2D eigenvalue weighted by molar-refractivity contribution is 0.263. The standard InChI is InChI=1S/C19H22NO/c1-2-7-17(8-3-1)18-9-11-19(12-10-18)21-16-6-15-20-13-4-5-14-20/h1-2,7-12H,4-6,13-16H2. The van der Waals surface area contributed by atoms with Crippen LogP contribution in [-0.4, -0.2) is 31.1 Å². The van der Waals surface area contributed by atoms with Crippen molar-refractivity contribution in [3.8, 4) is 16.9 Å². The van der Waals surface area contributed by atoms with E-state index in [2.05, 4.69) is 41.3 Å². The molecule has 2 heteroatoms. The molecular formula is C19H22NO. The van der Waals surface area contributed by atoms with Crippen LogP contribution in [0.4, 0.5) is 0 Å². The minimum absolute atomic E-state index is 0.801. The summed E-state index contributed by atoms with van der Waals surface area (Å²) < 4.78 is 5.82. The third kappa shape index (κ3) is 4.08. The Morgan fingerprint density at radius 3 is 2.52 bits per heavy atom. The molecule has 109 valence electrons. The fraction of sp³-hybridized carbons (Fsp3) is 0.368. The average Bonchev–Trinajstić information content (AvgIpc) is 3.06. The molecule has 0 aromatic heterocycles. The normalized spacial score (nSPS) is 15.2. The molecule has 21 heavy (non-hydrogen) atoms. The van der Waals surface area contributed by atoms with E-state index in [9.17, 15) is 0 Å². The van der Waals surface area contributed by atoms with Crippen LogP contribution in [0.15, 0.2) is 48.5 Å². The number of hydrogen-bond acceptors (Lipinski definition) is 2. The van der Waals surface area contributed by atoms with E-state index < -0.39 is 0 Å². The van der Waals surface area contributed by atoms with Crippen molar-refractivity contribution in [3.63, 3.8) is 0 Å². The van der Waals surface area contributed by atoms with Crippen molar-refractivity contribution in [2.24, 2.45) is 0 Å². The lowest BCUT2D eigenvalue weighted by Gasteiger charge is -2.14. The third-order valence-corrected chi connectivity index (χ3v) is 3.98. The van der Waals surface area contributed by atoms with Gasteiger partial charge in [0.25, 0.3) is 0 Å². The van der Waals surface area contributed by atoms with Gasteiger partial charge < -0.3 is 9.64 Å². The fourth-order valence-electron chi connectivity index (χ4n) is 2.80. The molecule has 0 amide bonds. The first kappa shape index (κ1) is 14.2. The highest BCUT2D eigenvalue weighted by Crippen LogP contribution is 2.22. The zero-order chi connectivity index (χ0) is 14.3. The van der Waals surface area contributed by atoms with Crippen molar-refractivity contribution >= 4 is 0 Å². The van der Waals surface area contributed by atoms with Gasteiger partial charge in [0, 0.05) is 6.54 Å². The van der Waals surface area contributed by atoms with Gasteiger partial charge in [0.1, 0.15) is 5.75 Å². The fourth-order valence-corrected chi connectivity index (χ4v) is 2.80. The lowest BCUT2D eigenvalue weighted by Crippen LogP contribution is -2.21. The van der Waals surface area contributed by atoms with E-state index in [-0.39, 0.29) is 0 Å². The molecule has 0 bridgehead atoms. The number of benzene rings is 2. The zero-order valence-corrected chi connectivity index (χ0v) is 12.4. The van der Waals surface area contributed by atoms with Crippen LogP contribution in [0.2, 0.25) is 0 Å². The van der Waals surface area contributed by atoms with Gasteiger partial charge >= 0.3 is 0 Å². The van der Waals surface area contributed by atoms with Crippen LogP contribution >= 0.6 is 0 Å². The first-order valence-electron chi connectivity index (χ1n) is 7.83. The quantitative estimate of drug-likeness (QED) is 0.741. The van der Waals surface area contributed by atoms with E-state index in [0.29, 0.717) is 0 Å². The second-order valence-electron chi connectivity index (χ2n) is 5.57. The van der Waals surface area contributed by atoms with Gasteiger partial charge in [-0.3, -0.25) is 0 Å². The maximum atomic E-state index is 5.82. The van der Waals surface area contributed by atoms with Crippen molar-refractivity contribution in [1.29, 1.82) is 0 Å². The van der Waals surface area contributed by atoms with Crippen molar-refractivity contribution in [2.75, 3.05) is 26.2 Å². The van der Waals surface area contributed by atoms with E-state index in [1.807, 2.05) is 18.2 Å². The maximum Gasteiger partial charge on any atom is 0.119 e. The molecule has 2 aromatic carbocycles. The highest BCUT2D eigenvalue weighted by atomic mass is 16.5. The highest BCUT2D eigenvalue weighted by molar-refractivity contribution is 5.63. The Balaban J connectivity index is 1.46. The monoisotopic (exact) mass is 280 g/mol. The molecule has 2 aromatic rings. The van der Waals surface area contributed by atoms with Gasteiger partial charge in [-0.1, -0.05) is 30.3 Å². The van der Waals surface area contributed by atoms with Gasteiger partial charge in [0.15, 0.2) is 0 Å². The molecule has 0 aliphatic carbocycles. The van der Waals surface area contributed by atoms with Gasteiger partial charge in [-0.25, -0.2) is 0 Å². The van der Waals surface area contributed by atoms with E-state index in [1.54, 1.807) is 0 Å². The molecular weight excluding hydrogens is 258 g/mol. The summed E-state index contributed by atoms with van der Waals surface area (Å²) in [6, 6.07) is 19.5. The Kier molecular flexibility index (Phi) is 4.90. The number of ether oxygens (including phenoxy) is 1. The molecule has 1 radical (unpaired) electrons. The third-order valence-electron chi connectivity index (χ3n) is 3.98. The SMILES string of the molecule is [c]1cccc(-c2ccc(OCCCN3CCCC3)cc2)c1. The largest absolute Gasteiger partial charge is 0.494 e. The van der Waals surface area contributed by atoms with Gasteiger partial charge in [0.05, 0.1) is 6.61 Å². The first-order chi connectivity index (χ1) is 10.4. The smallest absolute Gasteiger partial charge is 0.119 e. The molecule has 1 heterocycles. The summed E-state index contributed by atoms with van der Waals surface area (Å²) in [5.41, 5.74) is 2.40. The Labute approximate surface area is 127 Å². The van der Waals surface area contributed by atoms with E-state index in [0.717, 1.165) is 25.3 Å². The molecule has 0 unspecified atom stereocenters. The number of rotatable bonds is 6. The van der Waals surface area contributed by atoms with Crippen LogP contribution in [-0.2, 0) is 0 Å². The number of nitrogens with zero attached hydrogens (tertiary/aromatic N) is 1. The second kappa shape index (κ2) is 7.28. The molecule has 0 spiro atoms. The molecule has 2 nitrogen and oxygen atoms in total. The minimum atomic E-state index is 0.801. The first-order valence-corrected chi connectivity index (χ1v) is 7.83. The zero-order valence-electron chi connectivity index (χ0n) is 12.4. The summed E-state index contributed by atoms with van der Waals surface area (Å²) in [6.45, 7) is 4.50. The summed E-state index contributed by atoms with van der Waals surface area (Å²) in [4.78, 5) is 2.53. The topological polar surface area (TPSA) is 12.5 Å². The van der Waals surface area contributed by atoms with Crippen LogP contribution in [0.1, 0.15) is 19.3 Å². The summed E-state index contributed by atoms with van der Waals surface area (Å²) in [5.74, 6) is 0.958. The Morgan fingerprint density at radius 1 is 1.00 bits per heavy atom. The predicted octanol–water partition coefficient (Wildman–Crippen LogP) is 4.02. The Hall–Kier alpha value is -1.80. The van der Waals surface area contributed by atoms with E-state index >= 15 is 0 Å². The van der Waals surface area contributed by atoms with E-state index in [4.69, 9.17) is 4.74 Å². The molecule has 0 N–H and O–H groups in total. The summed E-state index contributed by atoms with van der Waals surface area (Å²) >= 11 is 0. The van der Waals surface area contributed by atoms with Crippen molar-refractivity contribution in [1.82, 2.24) is 4.90 Å². The van der Waals surface area contributed by atoms with Crippen molar-refractivity contribution in [2.45, 2.75) is 19.3 Å². The highest BCUT2D eigenvalue weighted by Gasteiger charge is 2.10. The molecule has 0 saturated carbocycles. The Bertz CT molecular complexity index is 529. The summed E-state index contributed by atoms with van der Waals surface area (Å²) in [6.07, 6.45) is 3.83. The second-order valence-corrected chi connectivity index (χ2v) is 5.57. The van der Waals surface area contributed by atoms with Gasteiger partial charge in [-0.05, 0) is 67.7 Å². The molecule has 0 atom stereocenters. The van der Waals surface area contributed by atoms with Crippen LogP contribution in [0.5, 0.6) is 5.75 Å². The van der Waals surface area contributed by atoms with Crippen molar-refractivity contribution in [3.05, 3.63) is 54.6 Å². The van der Waals surface area contributed by atoms with Crippen molar-refractivity contribution < 1.29 is 4.74 Å². The predicted molar refractivity (Wildman–Crippen MR) is 86.5 cm³/mol. The van der Waals surface area contributed by atoms with Crippen LogP contribution in [0.3, 0.4) is 0 Å². The van der Waals surface area contributed by atoms with Gasteiger partial charge in [-0.2, -0.15) is 0 Å². The van der Waals surface area contributed by atoms with Gasteiger partial charge in [-0.15, -0.1) is 0 Å². The Morgan fingerprint density at radius 2 is 1.81 bits per heavy atom. The minimum Gasteiger partial charge on any atom is -0.494 e. The summed E-state index contributed by atoms with van der Waals surface area (Å²) in [5, 5.41) is 0. The van der Waals surface area contributed by atoms with E-state index in [1.165, 1.54) is 37.1 Å². The maximum absolute atomic E-state index is 5.82. The molecule has 1 saturated heterocycles. The molecule has 1 aliphatic rings. The van der Waals surface area contributed by atoms with Crippen LogP contribution in [0.25, 0.3) is 11.1 Å². The van der Waals surface area contributed by atoms with Gasteiger partial charge in [0.2, 0.25) is 0 Å². The average molecular weight is 280 g/mol. The number of likely N-dealkylation sites (tertiary alicyclic amines) is 1. The van der Waals surface area contributed by atoms with Crippen LogP contribution < -0.4 is 4.74 Å².